The largest absolute Gasteiger partial charge is 0.378 e. The Hall–Kier alpha value is -1.00. The van der Waals surface area contributed by atoms with E-state index in [0.717, 1.165) is 42.6 Å². The molecule has 2 rings (SSSR count). The molecule has 0 aromatic rings. The smallest absolute Gasteiger partial charge is 0.0686 e. The van der Waals surface area contributed by atoms with Crippen LogP contribution in [0.15, 0.2) is 23.0 Å². The van der Waals surface area contributed by atoms with Gasteiger partial charge in [0.05, 0.1) is 19.8 Å². The molecule has 2 aliphatic rings. The van der Waals surface area contributed by atoms with Crippen LogP contribution in [0.25, 0.3) is 0 Å². The van der Waals surface area contributed by atoms with Crippen LogP contribution in [0.4, 0.5) is 0 Å². The molecule has 0 aliphatic carbocycles. The van der Waals surface area contributed by atoms with Gasteiger partial charge in [-0.15, -0.1) is 0 Å². The summed E-state index contributed by atoms with van der Waals surface area (Å²) >= 11 is 0. The summed E-state index contributed by atoms with van der Waals surface area (Å²) in [5, 5.41) is 12.4. The number of morpholine rings is 1. The molecular weight excluding hydrogens is 192 g/mol. The minimum Gasteiger partial charge on any atom is -0.378 e. The van der Waals surface area contributed by atoms with Gasteiger partial charge in [0.2, 0.25) is 0 Å². The Kier molecular flexibility index (Phi) is 2.98. The highest BCUT2D eigenvalue weighted by Crippen LogP contribution is 2.24. The van der Waals surface area contributed by atoms with E-state index in [9.17, 15) is 5.21 Å². The molecule has 2 heterocycles. The summed E-state index contributed by atoms with van der Waals surface area (Å²) < 4.78 is 5.32. The molecule has 0 bridgehead atoms. The molecule has 0 spiro atoms. The van der Waals surface area contributed by atoms with E-state index in [1.54, 1.807) is 0 Å². The SMILES string of the molecule is CC1=C(C)N([O])CC=C1N1CCOCC1. The number of hydrogen-bond acceptors (Lipinski definition) is 3. The molecule has 0 unspecified atom stereocenters. The summed E-state index contributed by atoms with van der Waals surface area (Å²) in [5.74, 6) is 0. The summed E-state index contributed by atoms with van der Waals surface area (Å²) in [7, 11) is 0. The standard InChI is InChI=1S/C11H17N2O2/c1-9-10(2)13(14)4-3-11(9)12-5-7-15-8-6-12/h3H,4-8H2,1-2H3. The zero-order valence-corrected chi connectivity index (χ0v) is 9.32. The van der Waals surface area contributed by atoms with Crippen LogP contribution in [-0.2, 0) is 9.94 Å². The molecule has 0 aromatic heterocycles. The van der Waals surface area contributed by atoms with Crippen molar-refractivity contribution in [3.8, 4) is 0 Å². The average molecular weight is 209 g/mol. The molecular formula is C11H17N2O2. The van der Waals surface area contributed by atoms with Gasteiger partial charge < -0.3 is 9.64 Å². The molecule has 1 saturated heterocycles. The number of hydroxylamine groups is 2. The van der Waals surface area contributed by atoms with Crippen LogP contribution < -0.4 is 0 Å². The number of nitrogens with zero attached hydrogens (tertiary/aromatic N) is 2. The van der Waals surface area contributed by atoms with Crippen LogP contribution in [0.3, 0.4) is 0 Å². The first-order valence-electron chi connectivity index (χ1n) is 5.35. The van der Waals surface area contributed by atoms with Gasteiger partial charge in [0.1, 0.15) is 0 Å². The first kappa shape index (κ1) is 10.5. The number of allylic oxidation sites excluding steroid dienone is 2. The minimum atomic E-state index is 0.468. The van der Waals surface area contributed by atoms with Crippen molar-refractivity contribution in [1.82, 2.24) is 9.96 Å². The zero-order valence-electron chi connectivity index (χ0n) is 9.32. The van der Waals surface area contributed by atoms with Gasteiger partial charge in [0, 0.05) is 24.5 Å². The number of hydrogen-bond donors (Lipinski definition) is 0. The highest BCUT2D eigenvalue weighted by Gasteiger charge is 2.21. The lowest BCUT2D eigenvalue weighted by Gasteiger charge is -2.34. The second kappa shape index (κ2) is 4.24. The highest BCUT2D eigenvalue weighted by molar-refractivity contribution is 5.34. The maximum absolute atomic E-state index is 11.4. The third-order valence-corrected chi connectivity index (χ3v) is 3.10. The predicted octanol–water partition coefficient (Wildman–Crippen LogP) is 1.16. The normalized spacial score (nSPS) is 23.3. The number of rotatable bonds is 1. The van der Waals surface area contributed by atoms with Gasteiger partial charge in [-0.05, 0) is 25.5 Å². The van der Waals surface area contributed by atoms with Gasteiger partial charge in [-0.3, -0.25) is 0 Å². The van der Waals surface area contributed by atoms with Crippen molar-refractivity contribution in [3.63, 3.8) is 0 Å². The molecule has 1 fully saturated rings. The van der Waals surface area contributed by atoms with E-state index in [0.29, 0.717) is 6.54 Å². The van der Waals surface area contributed by atoms with E-state index in [2.05, 4.69) is 4.90 Å². The topological polar surface area (TPSA) is 35.6 Å². The van der Waals surface area contributed by atoms with Crippen LogP contribution >= 0.6 is 0 Å². The van der Waals surface area contributed by atoms with E-state index < -0.39 is 0 Å². The molecule has 0 N–H and O–H groups in total. The van der Waals surface area contributed by atoms with Gasteiger partial charge in [0.15, 0.2) is 0 Å². The lowest BCUT2D eigenvalue weighted by molar-refractivity contribution is -0.119. The molecule has 0 saturated carbocycles. The third-order valence-electron chi connectivity index (χ3n) is 3.10. The summed E-state index contributed by atoms with van der Waals surface area (Å²) in [5.41, 5.74) is 3.14. The van der Waals surface area contributed by atoms with Crippen molar-refractivity contribution in [2.45, 2.75) is 13.8 Å². The molecule has 1 radical (unpaired) electrons. The van der Waals surface area contributed by atoms with E-state index in [1.165, 1.54) is 5.70 Å². The molecule has 4 nitrogen and oxygen atoms in total. The van der Waals surface area contributed by atoms with Gasteiger partial charge in [-0.2, -0.15) is 0 Å². The quantitative estimate of drug-likeness (QED) is 0.650. The van der Waals surface area contributed by atoms with E-state index in [1.807, 2.05) is 19.9 Å². The van der Waals surface area contributed by atoms with Crippen LogP contribution in [0.5, 0.6) is 0 Å². The monoisotopic (exact) mass is 209 g/mol. The second-order valence-electron chi connectivity index (χ2n) is 3.96. The maximum atomic E-state index is 11.4. The van der Waals surface area contributed by atoms with E-state index in [4.69, 9.17) is 4.74 Å². The fourth-order valence-corrected chi connectivity index (χ4v) is 2.00. The van der Waals surface area contributed by atoms with Crippen LogP contribution in [0.1, 0.15) is 13.8 Å². The second-order valence-corrected chi connectivity index (χ2v) is 3.96. The van der Waals surface area contributed by atoms with Crippen LogP contribution in [-0.4, -0.2) is 42.8 Å². The van der Waals surface area contributed by atoms with Crippen molar-refractivity contribution < 1.29 is 9.94 Å². The fourth-order valence-electron chi connectivity index (χ4n) is 2.00. The molecule has 2 aliphatic heterocycles. The van der Waals surface area contributed by atoms with Crippen molar-refractivity contribution in [2.24, 2.45) is 0 Å². The lowest BCUT2D eigenvalue weighted by Crippen LogP contribution is -2.38. The highest BCUT2D eigenvalue weighted by atomic mass is 16.5. The average Bonchev–Trinajstić information content (AvgIpc) is 2.27. The maximum Gasteiger partial charge on any atom is 0.0686 e. The first-order valence-corrected chi connectivity index (χ1v) is 5.35. The Labute approximate surface area is 90.4 Å². The van der Waals surface area contributed by atoms with Crippen LogP contribution in [0.2, 0.25) is 0 Å². The predicted molar refractivity (Wildman–Crippen MR) is 56.2 cm³/mol. The Morgan fingerprint density at radius 2 is 1.93 bits per heavy atom. The minimum absolute atomic E-state index is 0.468. The van der Waals surface area contributed by atoms with Crippen molar-refractivity contribution in [3.05, 3.63) is 23.0 Å². The van der Waals surface area contributed by atoms with Gasteiger partial charge in [-0.1, -0.05) is 5.21 Å². The van der Waals surface area contributed by atoms with Crippen molar-refractivity contribution >= 4 is 0 Å². The molecule has 4 heteroatoms. The van der Waals surface area contributed by atoms with Crippen molar-refractivity contribution in [2.75, 3.05) is 32.8 Å². The summed E-state index contributed by atoms with van der Waals surface area (Å²) in [6.45, 7) is 7.78. The summed E-state index contributed by atoms with van der Waals surface area (Å²) in [6.07, 6.45) is 2.01. The lowest BCUT2D eigenvalue weighted by atomic mass is 10.1. The fraction of sp³-hybridized carbons (Fsp3) is 0.636. The molecule has 0 amide bonds. The van der Waals surface area contributed by atoms with E-state index in [-0.39, 0.29) is 0 Å². The van der Waals surface area contributed by atoms with Gasteiger partial charge in [-0.25, -0.2) is 5.06 Å². The summed E-state index contributed by atoms with van der Waals surface area (Å²) in [6, 6.07) is 0. The Bertz CT molecular complexity index is 304. The molecule has 83 valence electrons. The zero-order chi connectivity index (χ0) is 10.8. The Morgan fingerprint density at radius 1 is 1.27 bits per heavy atom. The van der Waals surface area contributed by atoms with Gasteiger partial charge >= 0.3 is 0 Å². The van der Waals surface area contributed by atoms with Gasteiger partial charge in [0.25, 0.3) is 0 Å². The van der Waals surface area contributed by atoms with Crippen LogP contribution in [0, 0.1) is 0 Å². The van der Waals surface area contributed by atoms with Crippen molar-refractivity contribution in [1.29, 1.82) is 0 Å². The molecule has 15 heavy (non-hydrogen) atoms. The number of ether oxygens (including phenoxy) is 1. The summed E-state index contributed by atoms with van der Waals surface area (Å²) in [4.78, 5) is 2.30. The molecule has 0 aromatic carbocycles. The first-order chi connectivity index (χ1) is 7.20. The van der Waals surface area contributed by atoms with E-state index >= 15 is 0 Å². The Morgan fingerprint density at radius 3 is 2.60 bits per heavy atom. The third kappa shape index (κ3) is 2.01. The Balaban J connectivity index is 2.15. The molecule has 0 atom stereocenters.